The number of hydrogen-bond donors (Lipinski definition) is 2. The lowest BCUT2D eigenvalue weighted by atomic mass is 10.1. The van der Waals surface area contributed by atoms with Gasteiger partial charge in [-0.2, -0.15) is 0 Å². The number of halogens is 1. The molecule has 0 aliphatic rings. The third kappa shape index (κ3) is 4.41. The largest absolute Gasteiger partial charge is 0.324 e. The van der Waals surface area contributed by atoms with Crippen LogP contribution in [0.25, 0.3) is 0 Å². The van der Waals surface area contributed by atoms with Crippen molar-refractivity contribution in [3.63, 3.8) is 0 Å². The van der Waals surface area contributed by atoms with E-state index < -0.39 is 5.82 Å². The number of carbonyl (C=O) groups excluding carboxylic acids is 2. The molecular weight excluding hydrogens is 327 g/mol. The third-order valence-corrected chi connectivity index (χ3v) is 4.75. The summed E-state index contributed by atoms with van der Waals surface area (Å²) in [6.45, 7) is 5.49. The number of thiophene rings is 1. The van der Waals surface area contributed by atoms with Gasteiger partial charge in [-0.05, 0) is 42.7 Å². The van der Waals surface area contributed by atoms with E-state index in [9.17, 15) is 14.0 Å². The Bertz CT molecular complexity index is 755. The second-order valence-electron chi connectivity index (χ2n) is 5.49. The lowest BCUT2D eigenvalue weighted by molar-refractivity contribution is -0.114. The fourth-order valence-electron chi connectivity index (χ4n) is 2.40. The minimum atomic E-state index is -0.544. The second-order valence-corrected chi connectivity index (χ2v) is 6.63. The first kappa shape index (κ1) is 18.1. The minimum absolute atomic E-state index is 0.0485. The van der Waals surface area contributed by atoms with Crippen LogP contribution < -0.4 is 10.6 Å². The van der Waals surface area contributed by atoms with Crippen LogP contribution in [0.5, 0.6) is 0 Å². The summed E-state index contributed by atoms with van der Waals surface area (Å²) in [5.41, 5.74) is 1.69. The molecule has 2 aromatic rings. The number of nitrogens with one attached hydrogen (secondary N) is 2. The molecule has 1 aromatic carbocycles. The van der Waals surface area contributed by atoms with Crippen LogP contribution in [0, 0.1) is 5.82 Å². The standard InChI is InChI=1S/C18H21FN2O2S/c1-4-6-16-12(5-2)9-17(24-16)18(23)21-13-7-8-14(19)15(10-13)20-11(3)22/h7-10H,4-6H2,1-3H3,(H,20,22)(H,21,23). The summed E-state index contributed by atoms with van der Waals surface area (Å²) >= 11 is 1.50. The Morgan fingerprint density at radius 3 is 2.54 bits per heavy atom. The molecule has 0 unspecified atom stereocenters. The van der Waals surface area contributed by atoms with Crippen molar-refractivity contribution in [2.24, 2.45) is 0 Å². The summed E-state index contributed by atoms with van der Waals surface area (Å²) in [5.74, 6) is -1.14. The second kappa shape index (κ2) is 8.06. The zero-order chi connectivity index (χ0) is 17.7. The van der Waals surface area contributed by atoms with Crippen molar-refractivity contribution in [2.45, 2.75) is 40.0 Å². The summed E-state index contributed by atoms with van der Waals surface area (Å²) in [6, 6.07) is 6.02. The molecule has 0 saturated heterocycles. The highest BCUT2D eigenvalue weighted by Crippen LogP contribution is 2.26. The zero-order valence-corrected chi connectivity index (χ0v) is 14.8. The van der Waals surface area contributed by atoms with Crippen molar-refractivity contribution in [3.05, 3.63) is 45.4 Å². The number of anilines is 2. The van der Waals surface area contributed by atoms with Gasteiger partial charge in [-0.1, -0.05) is 20.3 Å². The molecule has 0 saturated carbocycles. The van der Waals surface area contributed by atoms with Gasteiger partial charge in [0, 0.05) is 17.5 Å². The first-order valence-electron chi connectivity index (χ1n) is 7.94. The Kier molecular flexibility index (Phi) is 6.09. The number of benzene rings is 1. The van der Waals surface area contributed by atoms with Crippen molar-refractivity contribution >= 4 is 34.5 Å². The molecule has 0 bridgehead atoms. The number of rotatable bonds is 6. The average molecular weight is 348 g/mol. The fourth-order valence-corrected chi connectivity index (χ4v) is 3.65. The van der Waals surface area contributed by atoms with Crippen molar-refractivity contribution < 1.29 is 14.0 Å². The predicted molar refractivity (Wildman–Crippen MR) is 96.3 cm³/mol. The highest BCUT2D eigenvalue weighted by atomic mass is 32.1. The summed E-state index contributed by atoms with van der Waals surface area (Å²) in [6.07, 6.45) is 2.89. The molecule has 0 aliphatic heterocycles. The van der Waals surface area contributed by atoms with Gasteiger partial charge in [-0.15, -0.1) is 11.3 Å². The highest BCUT2D eigenvalue weighted by molar-refractivity contribution is 7.14. The van der Waals surface area contributed by atoms with Gasteiger partial charge >= 0.3 is 0 Å². The molecule has 0 fully saturated rings. The minimum Gasteiger partial charge on any atom is -0.324 e. The van der Waals surface area contributed by atoms with E-state index in [1.54, 1.807) is 0 Å². The number of aryl methyl sites for hydroxylation is 2. The van der Waals surface area contributed by atoms with E-state index >= 15 is 0 Å². The molecule has 4 nitrogen and oxygen atoms in total. The normalized spacial score (nSPS) is 10.5. The molecule has 1 aromatic heterocycles. The van der Waals surface area contributed by atoms with Crippen molar-refractivity contribution in [1.29, 1.82) is 0 Å². The molecule has 2 N–H and O–H groups in total. The first-order valence-corrected chi connectivity index (χ1v) is 8.76. The van der Waals surface area contributed by atoms with E-state index in [2.05, 4.69) is 24.5 Å². The predicted octanol–water partition coefficient (Wildman–Crippen LogP) is 4.61. The molecule has 128 valence electrons. The average Bonchev–Trinajstić information content (AvgIpc) is 2.94. The Balaban J connectivity index is 2.19. The maximum Gasteiger partial charge on any atom is 0.265 e. The molecular formula is C18H21FN2O2S. The summed E-state index contributed by atoms with van der Waals surface area (Å²) < 4.78 is 13.7. The van der Waals surface area contributed by atoms with Gasteiger partial charge in [-0.3, -0.25) is 9.59 Å². The summed E-state index contributed by atoms with van der Waals surface area (Å²) in [5, 5.41) is 5.16. The monoisotopic (exact) mass is 348 g/mol. The van der Waals surface area contributed by atoms with Crippen LogP contribution in [0.4, 0.5) is 15.8 Å². The van der Waals surface area contributed by atoms with E-state index in [4.69, 9.17) is 0 Å². The lowest BCUT2D eigenvalue weighted by Crippen LogP contribution is -2.12. The van der Waals surface area contributed by atoms with E-state index in [1.165, 1.54) is 46.9 Å². The van der Waals surface area contributed by atoms with Crippen LogP contribution >= 0.6 is 11.3 Å². The van der Waals surface area contributed by atoms with Crippen LogP contribution in [0.15, 0.2) is 24.3 Å². The van der Waals surface area contributed by atoms with Gasteiger partial charge in [-0.25, -0.2) is 4.39 Å². The maximum atomic E-state index is 13.7. The van der Waals surface area contributed by atoms with Crippen molar-refractivity contribution in [1.82, 2.24) is 0 Å². The molecule has 0 spiro atoms. The molecule has 6 heteroatoms. The number of amides is 2. The Hall–Kier alpha value is -2.21. The van der Waals surface area contributed by atoms with Gasteiger partial charge in [0.25, 0.3) is 5.91 Å². The third-order valence-electron chi connectivity index (χ3n) is 3.51. The first-order chi connectivity index (χ1) is 11.4. The van der Waals surface area contributed by atoms with Crippen LogP contribution in [0.2, 0.25) is 0 Å². The maximum absolute atomic E-state index is 13.7. The van der Waals surface area contributed by atoms with Crippen molar-refractivity contribution in [2.75, 3.05) is 10.6 Å². The number of hydrogen-bond acceptors (Lipinski definition) is 3. The quantitative estimate of drug-likeness (QED) is 0.801. The van der Waals surface area contributed by atoms with Gasteiger partial charge < -0.3 is 10.6 Å². The Morgan fingerprint density at radius 1 is 1.17 bits per heavy atom. The molecule has 24 heavy (non-hydrogen) atoms. The molecule has 2 amide bonds. The van der Waals surface area contributed by atoms with Gasteiger partial charge in [0.1, 0.15) is 5.82 Å². The van der Waals surface area contributed by atoms with E-state index in [0.717, 1.165) is 19.3 Å². The summed E-state index contributed by atoms with van der Waals surface area (Å²) in [4.78, 5) is 25.4. The fraction of sp³-hybridized carbons (Fsp3) is 0.333. The van der Waals surface area contributed by atoms with E-state index in [1.807, 2.05) is 6.07 Å². The molecule has 0 atom stereocenters. The van der Waals surface area contributed by atoms with Crippen LogP contribution in [0.3, 0.4) is 0 Å². The van der Waals surface area contributed by atoms with Crippen LogP contribution in [0.1, 0.15) is 47.3 Å². The zero-order valence-electron chi connectivity index (χ0n) is 14.0. The number of carbonyl (C=O) groups is 2. The highest BCUT2D eigenvalue weighted by Gasteiger charge is 2.14. The SMILES string of the molecule is CCCc1sc(C(=O)Nc2ccc(F)c(NC(C)=O)c2)cc1CC. The van der Waals surface area contributed by atoms with Gasteiger partial charge in [0.05, 0.1) is 10.6 Å². The summed E-state index contributed by atoms with van der Waals surface area (Å²) in [7, 11) is 0. The van der Waals surface area contributed by atoms with Crippen molar-refractivity contribution in [3.8, 4) is 0 Å². The van der Waals surface area contributed by atoms with Crippen LogP contribution in [-0.2, 0) is 17.6 Å². The van der Waals surface area contributed by atoms with Gasteiger partial charge in [0.15, 0.2) is 0 Å². The lowest BCUT2D eigenvalue weighted by Gasteiger charge is -2.08. The van der Waals surface area contributed by atoms with E-state index in [0.29, 0.717) is 10.6 Å². The molecule has 0 radical (unpaired) electrons. The van der Waals surface area contributed by atoms with Crippen LogP contribution in [-0.4, -0.2) is 11.8 Å². The Labute approximate surface area is 145 Å². The van der Waals surface area contributed by atoms with E-state index in [-0.39, 0.29) is 17.5 Å². The molecule has 1 heterocycles. The molecule has 0 aliphatic carbocycles. The topological polar surface area (TPSA) is 58.2 Å². The van der Waals surface area contributed by atoms with Gasteiger partial charge in [0.2, 0.25) is 5.91 Å². The molecule has 2 rings (SSSR count). The smallest absolute Gasteiger partial charge is 0.265 e. The Morgan fingerprint density at radius 2 is 1.92 bits per heavy atom.